The van der Waals surface area contributed by atoms with Crippen molar-refractivity contribution in [2.75, 3.05) is 13.6 Å². The molecule has 5 heteroatoms. The molecule has 1 fully saturated rings. The predicted molar refractivity (Wildman–Crippen MR) is 84.4 cm³/mol. The van der Waals surface area contributed by atoms with E-state index in [1.165, 1.54) is 5.56 Å². The van der Waals surface area contributed by atoms with Crippen molar-refractivity contribution in [1.82, 2.24) is 0 Å². The fourth-order valence-electron chi connectivity index (χ4n) is 2.03. The normalized spacial score (nSPS) is 17.8. The monoisotopic (exact) mass is 312 g/mol. The molecule has 1 aromatic carbocycles. The molecule has 1 aliphatic heterocycles. The third-order valence-corrected chi connectivity index (χ3v) is 4.29. The van der Waals surface area contributed by atoms with Crippen LogP contribution in [0.3, 0.4) is 0 Å². The van der Waals surface area contributed by atoms with Gasteiger partial charge >= 0.3 is 8.60 Å². The molecule has 0 saturated carbocycles. The first kappa shape index (κ1) is 16.7. The summed E-state index contributed by atoms with van der Waals surface area (Å²) in [6, 6.07) is 6.36. The largest absolute Gasteiger partial charge is 0.426 e. The number of rotatable bonds is 2. The number of ether oxygens (including phenoxy) is 1. The van der Waals surface area contributed by atoms with Gasteiger partial charge in [-0.25, -0.2) is 0 Å². The smallest absolute Gasteiger partial charge is 0.401 e. The molecule has 0 spiro atoms. The van der Waals surface area contributed by atoms with Gasteiger partial charge in [-0.15, -0.1) is 0 Å². The van der Waals surface area contributed by atoms with Crippen LogP contribution < -0.4 is 4.52 Å². The Balaban J connectivity index is 2.31. The van der Waals surface area contributed by atoms with E-state index in [0.717, 1.165) is 11.3 Å². The Morgan fingerprint density at radius 1 is 0.952 bits per heavy atom. The summed E-state index contributed by atoms with van der Waals surface area (Å²) in [5.41, 5.74) is 2.55. The fraction of sp³-hybridized carbons (Fsp3) is 0.625. The Morgan fingerprint density at radius 2 is 1.57 bits per heavy atom. The second-order valence-corrected chi connectivity index (χ2v) is 8.37. The maximum atomic E-state index is 5.92. The highest BCUT2D eigenvalue weighted by Gasteiger charge is 2.26. The lowest BCUT2D eigenvalue weighted by Crippen LogP contribution is -2.18. The highest BCUT2D eigenvalue weighted by molar-refractivity contribution is 7.42. The molecule has 1 heterocycles. The summed E-state index contributed by atoms with van der Waals surface area (Å²) in [6.45, 7) is 13.6. The average Bonchev–Trinajstić information content (AvgIpc) is 2.38. The molecule has 0 unspecified atom stereocenters. The zero-order valence-corrected chi connectivity index (χ0v) is 14.6. The topological polar surface area (TPSA) is 36.9 Å². The summed E-state index contributed by atoms with van der Waals surface area (Å²) in [5.74, 6) is 0.823. The Bertz CT molecular complexity index is 482. The second-order valence-electron chi connectivity index (χ2n) is 7.22. The quantitative estimate of drug-likeness (QED) is 0.730. The van der Waals surface area contributed by atoms with E-state index in [-0.39, 0.29) is 24.4 Å². The van der Waals surface area contributed by atoms with Gasteiger partial charge in [0, 0.05) is 5.56 Å². The van der Waals surface area contributed by atoms with Gasteiger partial charge in [0.25, 0.3) is 0 Å². The van der Waals surface area contributed by atoms with Gasteiger partial charge in [0.05, 0.1) is 0 Å². The van der Waals surface area contributed by atoms with Crippen molar-refractivity contribution in [2.45, 2.75) is 52.4 Å². The van der Waals surface area contributed by atoms with Gasteiger partial charge in [0.1, 0.15) is 5.75 Å². The Labute approximate surface area is 128 Å². The summed E-state index contributed by atoms with van der Waals surface area (Å²) in [4.78, 5) is 0. The van der Waals surface area contributed by atoms with Gasteiger partial charge in [-0.3, -0.25) is 9.05 Å². The average molecular weight is 312 g/mol. The first-order chi connectivity index (χ1) is 9.68. The van der Waals surface area contributed by atoms with Crippen LogP contribution in [0.5, 0.6) is 5.75 Å². The summed E-state index contributed by atoms with van der Waals surface area (Å²) in [7, 11) is -1.37. The third kappa shape index (κ3) is 4.40. The zero-order chi connectivity index (χ0) is 15.7. The van der Waals surface area contributed by atoms with E-state index in [1.807, 2.05) is 6.07 Å². The van der Waals surface area contributed by atoms with Crippen LogP contribution in [0.1, 0.15) is 52.7 Å². The number of hydrogen-bond donors (Lipinski definition) is 0. The maximum Gasteiger partial charge on any atom is 0.401 e. The van der Waals surface area contributed by atoms with Crippen molar-refractivity contribution >= 4 is 8.60 Å². The van der Waals surface area contributed by atoms with Crippen LogP contribution in [-0.2, 0) is 24.6 Å². The van der Waals surface area contributed by atoms with E-state index in [2.05, 4.69) is 53.7 Å². The lowest BCUT2D eigenvalue weighted by atomic mass is 9.80. The van der Waals surface area contributed by atoms with E-state index in [1.54, 1.807) is 0 Å². The first-order valence-electron chi connectivity index (χ1n) is 7.14. The van der Waals surface area contributed by atoms with Gasteiger partial charge in [-0.2, -0.15) is 0 Å². The minimum Gasteiger partial charge on any atom is -0.426 e. The molecule has 1 saturated heterocycles. The molecule has 0 N–H and O–H groups in total. The Morgan fingerprint density at radius 3 is 2.10 bits per heavy atom. The minimum absolute atomic E-state index is 0.0157. The molecule has 0 bridgehead atoms. The standard InChI is InChI=1S/C16H25O4P/c1-15(2,3)12-7-8-14(13(9-12)16(4,5)6)20-21-18-10-17-11-19-21/h7-9H,10-11H2,1-6H3. The highest BCUT2D eigenvalue weighted by Crippen LogP contribution is 2.46. The summed E-state index contributed by atoms with van der Waals surface area (Å²) < 4.78 is 21.6. The lowest BCUT2D eigenvalue weighted by Gasteiger charge is -2.29. The molecule has 0 aromatic heterocycles. The van der Waals surface area contributed by atoms with Crippen LogP contribution in [0, 0.1) is 0 Å². The first-order valence-corrected chi connectivity index (χ1v) is 8.24. The second kappa shape index (κ2) is 6.21. The molecule has 4 nitrogen and oxygen atoms in total. The van der Waals surface area contributed by atoms with Crippen LogP contribution >= 0.6 is 8.60 Å². The molecule has 118 valence electrons. The maximum absolute atomic E-state index is 5.92. The summed E-state index contributed by atoms with van der Waals surface area (Å²) in [6.07, 6.45) is 0. The third-order valence-electron chi connectivity index (χ3n) is 3.31. The zero-order valence-electron chi connectivity index (χ0n) is 13.7. The van der Waals surface area contributed by atoms with E-state index in [9.17, 15) is 0 Å². The van der Waals surface area contributed by atoms with Crippen LogP contribution in [-0.4, -0.2) is 13.6 Å². The molecule has 2 rings (SSSR count). The van der Waals surface area contributed by atoms with Crippen molar-refractivity contribution < 1.29 is 18.3 Å². The molecule has 0 radical (unpaired) electrons. The molecule has 1 aromatic rings. The molecule has 0 aliphatic carbocycles. The molecule has 0 atom stereocenters. The molecule has 1 aliphatic rings. The number of benzene rings is 1. The van der Waals surface area contributed by atoms with Crippen LogP contribution in [0.2, 0.25) is 0 Å². The van der Waals surface area contributed by atoms with Crippen molar-refractivity contribution in [3.05, 3.63) is 29.3 Å². The van der Waals surface area contributed by atoms with Crippen molar-refractivity contribution in [1.29, 1.82) is 0 Å². The lowest BCUT2D eigenvalue weighted by molar-refractivity contribution is -0.101. The van der Waals surface area contributed by atoms with Gasteiger partial charge in [-0.05, 0) is 22.5 Å². The summed E-state index contributed by atoms with van der Waals surface area (Å²) >= 11 is 0. The Hall–Kier alpha value is -0.670. The van der Waals surface area contributed by atoms with E-state index in [4.69, 9.17) is 18.3 Å². The predicted octanol–water partition coefficient (Wildman–Crippen LogP) is 4.87. The molecular formula is C16H25O4P. The van der Waals surface area contributed by atoms with Gasteiger partial charge in [0.15, 0.2) is 13.6 Å². The Kier molecular flexibility index (Phi) is 4.94. The van der Waals surface area contributed by atoms with Gasteiger partial charge in [-0.1, -0.05) is 53.7 Å². The van der Waals surface area contributed by atoms with Crippen LogP contribution in [0.4, 0.5) is 0 Å². The molecule has 0 amide bonds. The van der Waals surface area contributed by atoms with Crippen LogP contribution in [0.15, 0.2) is 18.2 Å². The van der Waals surface area contributed by atoms with Crippen LogP contribution in [0.25, 0.3) is 0 Å². The highest BCUT2D eigenvalue weighted by atomic mass is 31.2. The van der Waals surface area contributed by atoms with E-state index < -0.39 is 8.60 Å². The van der Waals surface area contributed by atoms with Crippen molar-refractivity contribution in [2.24, 2.45) is 0 Å². The fourth-order valence-corrected chi connectivity index (χ4v) is 2.85. The van der Waals surface area contributed by atoms with Gasteiger partial charge < -0.3 is 9.26 Å². The molecular weight excluding hydrogens is 287 g/mol. The number of hydrogen-bond acceptors (Lipinski definition) is 4. The van der Waals surface area contributed by atoms with Gasteiger partial charge in [0.2, 0.25) is 0 Å². The SMILES string of the molecule is CC(C)(C)c1ccc(OP2OCOCO2)c(C(C)(C)C)c1. The van der Waals surface area contributed by atoms with Crippen molar-refractivity contribution in [3.63, 3.8) is 0 Å². The summed E-state index contributed by atoms with van der Waals surface area (Å²) in [5, 5.41) is 0. The van der Waals surface area contributed by atoms with Crippen molar-refractivity contribution in [3.8, 4) is 5.75 Å². The van der Waals surface area contributed by atoms with E-state index >= 15 is 0 Å². The minimum atomic E-state index is -1.37. The molecule has 21 heavy (non-hydrogen) atoms. The van der Waals surface area contributed by atoms with E-state index in [0.29, 0.717) is 0 Å².